The van der Waals surface area contributed by atoms with E-state index in [4.69, 9.17) is 9.47 Å². The van der Waals surface area contributed by atoms with Crippen molar-refractivity contribution in [2.75, 3.05) is 6.61 Å². The molecule has 1 heterocycles. The van der Waals surface area contributed by atoms with E-state index < -0.39 is 42.8 Å². The average molecular weight is 527 g/mol. The Balaban J connectivity index is 1.29. The second-order valence-electron chi connectivity index (χ2n) is 12.9. The van der Waals surface area contributed by atoms with E-state index in [0.29, 0.717) is 25.2 Å². The van der Waals surface area contributed by atoms with Crippen LogP contribution in [0.2, 0.25) is 0 Å². The average Bonchev–Trinajstić information content (AvgIpc) is 3.19. The van der Waals surface area contributed by atoms with Crippen molar-refractivity contribution < 1.29 is 49.7 Å². The number of aliphatic hydroxyl groups excluding tert-OH is 5. The van der Waals surface area contributed by atoms with Crippen molar-refractivity contribution in [1.29, 1.82) is 0 Å². The van der Waals surface area contributed by atoms with Crippen LogP contribution in [-0.2, 0) is 19.1 Å². The van der Waals surface area contributed by atoms with E-state index in [0.717, 1.165) is 32.1 Å². The van der Waals surface area contributed by atoms with Crippen LogP contribution in [0.1, 0.15) is 65.2 Å². The molecule has 1 aliphatic heterocycles. The van der Waals surface area contributed by atoms with E-state index in [1.165, 1.54) is 0 Å². The number of aliphatic carboxylic acids is 1. The largest absolute Gasteiger partial charge is 0.479 e. The van der Waals surface area contributed by atoms with E-state index in [2.05, 4.69) is 13.8 Å². The van der Waals surface area contributed by atoms with Crippen molar-refractivity contribution in [2.45, 2.75) is 108 Å². The SMILES string of the molecule is C[C@]12CC[C@@H](O[C@@H]3O[C@H](C(=O)O)[C@@H](O)[C@H](O)[C@H]3O)C[C@H]1CC[C@H]1[C@H]2C(=O)C[C@]2(C)[C@@H]([C@H](O)CO)CC[C@@H]12. The first kappa shape index (κ1) is 27.4. The van der Waals surface area contributed by atoms with Gasteiger partial charge in [-0.3, -0.25) is 4.79 Å². The fraction of sp³-hybridized carbons (Fsp3) is 0.926. The van der Waals surface area contributed by atoms with Crippen molar-refractivity contribution in [3.8, 4) is 0 Å². The molecule has 14 atom stereocenters. The first-order valence-corrected chi connectivity index (χ1v) is 13.8. The third-order valence-electron chi connectivity index (χ3n) is 11.2. The number of carboxylic acid groups (broad SMARTS) is 1. The predicted molar refractivity (Wildman–Crippen MR) is 128 cm³/mol. The summed E-state index contributed by atoms with van der Waals surface area (Å²) in [7, 11) is 0. The number of aliphatic hydroxyl groups is 5. The summed E-state index contributed by atoms with van der Waals surface area (Å²) in [5, 5.41) is 59.8. The van der Waals surface area contributed by atoms with Gasteiger partial charge >= 0.3 is 5.97 Å². The smallest absolute Gasteiger partial charge is 0.335 e. The lowest BCUT2D eigenvalue weighted by atomic mass is 9.44. The fourth-order valence-corrected chi connectivity index (χ4v) is 9.31. The minimum atomic E-state index is -1.76. The molecule has 0 unspecified atom stereocenters. The Kier molecular flexibility index (Phi) is 7.26. The van der Waals surface area contributed by atoms with Crippen molar-refractivity contribution in [3.05, 3.63) is 0 Å². The van der Waals surface area contributed by atoms with Gasteiger partial charge in [0.1, 0.15) is 24.1 Å². The lowest BCUT2D eigenvalue weighted by Gasteiger charge is -2.60. The summed E-state index contributed by atoms with van der Waals surface area (Å²) in [5.74, 6) is -0.470. The number of ketones is 1. The van der Waals surface area contributed by atoms with Crippen LogP contribution in [0.4, 0.5) is 0 Å². The molecule has 4 saturated carbocycles. The molecule has 5 aliphatic rings. The van der Waals surface area contributed by atoms with Gasteiger partial charge in [-0.2, -0.15) is 0 Å². The van der Waals surface area contributed by atoms with Gasteiger partial charge in [-0.05, 0) is 79.4 Å². The van der Waals surface area contributed by atoms with Crippen molar-refractivity contribution in [1.82, 2.24) is 0 Å². The molecule has 0 aromatic carbocycles. The zero-order valence-electron chi connectivity index (χ0n) is 21.6. The van der Waals surface area contributed by atoms with Crippen LogP contribution in [-0.4, -0.2) is 91.9 Å². The van der Waals surface area contributed by atoms with Crippen LogP contribution in [0.25, 0.3) is 0 Å². The van der Waals surface area contributed by atoms with Gasteiger partial charge < -0.3 is 40.1 Å². The molecule has 5 fully saturated rings. The second kappa shape index (κ2) is 9.80. The maximum absolute atomic E-state index is 13.8. The molecule has 0 aromatic heterocycles. The Labute approximate surface area is 217 Å². The minimum Gasteiger partial charge on any atom is -0.479 e. The molecule has 0 bridgehead atoms. The highest BCUT2D eigenvalue weighted by Crippen LogP contribution is 2.67. The second-order valence-corrected chi connectivity index (χ2v) is 12.9. The third-order valence-corrected chi connectivity index (χ3v) is 11.2. The Morgan fingerprint density at radius 1 is 1.05 bits per heavy atom. The summed E-state index contributed by atoms with van der Waals surface area (Å²) in [6.45, 7) is 4.07. The van der Waals surface area contributed by atoms with E-state index in [9.17, 15) is 40.2 Å². The third kappa shape index (κ3) is 4.27. The minimum absolute atomic E-state index is 0.0554. The fourth-order valence-electron chi connectivity index (χ4n) is 9.31. The molecule has 4 aliphatic carbocycles. The van der Waals surface area contributed by atoms with Crippen LogP contribution in [0.15, 0.2) is 0 Å². The quantitative estimate of drug-likeness (QED) is 0.276. The van der Waals surface area contributed by atoms with Gasteiger partial charge in [-0.25, -0.2) is 4.79 Å². The highest BCUT2D eigenvalue weighted by Gasteiger charge is 2.64. The normalized spacial score (nSPS) is 52.6. The Morgan fingerprint density at radius 2 is 1.78 bits per heavy atom. The number of carbonyl (C=O) groups excluding carboxylic acids is 1. The van der Waals surface area contributed by atoms with Crippen LogP contribution < -0.4 is 0 Å². The number of carbonyl (C=O) groups is 2. The number of Topliss-reactive ketones (excluding diaryl/α,β-unsaturated/α-hetero) is 1. The van der Waals surface area contributed by atoms with Crippen LogP contribution in [0.3, 0.4) is 0 Å². The highest BCUT2D eigenvalue weighted by molar-refractivity contribution is 5.84. The Hall–Kier alpha value is -1.14. The number of ether oxygens (including phenoxy) is 2. The molecule has 6 N–H and O–H groups in total. The van der Waals surface area contributed by atoms with Gasteiger partial charge in [0, 0.05) is 12.3 Å². The molecule has 10 heteroatoms. The van der Waals surface area contributed by atoms with Crippen molar-refractivity contribution in [3.63, 3.8) is 0 Å². The monoisotopic (exact) mass is 526 g/mol. The van der Waals surface area contributed by atoms with E-state index in [-0.39, 0.29) is 53.0 Å². The zero-order valence-corrected chi connectivity index (χ0v) is 21.6. The summed E-state index contributed by atoms with van der Waals surface area (Å²) in [6, 6.07) is 0. The van der Waals surface area contributed by atoms with Gasteiger partial charge in [0.15, 0.2) is 12.4 Å². The van der Waals surface area contributed by atoms with Gasteiger partial charge in [0.05, 0.1) is 18.8 Å². The van der Waals surface area contributed by atoms with E-state index in [1.54, 1.807) is 0 Å². The van der Waals surface area contributed by atoms with Gasteiger partial charge in [0.2, 0.25) is 0 Å². The number of hydrogen-bond acceptors (Lipinski definition) is 9. The standard InChI is InChI=1S/C27H42O10/c1-26-8-7-13(36-25-22(33)20(31)21(32)23(37-25)24(34)35)9-12(26)3-4-14-15-5-6-16(18(30)11-28)27(15,2)10-17(29)19(14)26/h12-16,18-23,25,28,30-33H,3-11H2,1-2H3,(H,34,35)/t12-,13-,14-,15+,16-,18-,19+,20+,21+,22-,23+,25-,26+,27+/m1/s1. The predicted octanol–water partition coefficient (Wildman–Crippen LogP) is 0.455. The first-order chi connectivity index (χ1) is 17.4. The van der Waals surface area contributed by atoms with Gasteiger partial charge in [-0.1, -0.05) is 13.8 Å². The molecule has 0 radical (unpaired) electrons. The summed E-state index contributed by atoms with van der Waals surface area (Å²) in [5.41, 5.74) is -0.481. The van der Waals surface area contributed by atoms with Gasteiger partial charge in [0.25, 0.3) is 0 Å². The number of fused-ring (bicyclic) bond motifs is 5. The van der Waals surface area contributed by atoms with Crippen LogP contribution in [0, 0.1) is 40.4 Å². The number of carboxylic acids is 1. The zero-order chi connectivity index (χ0) is 26.9. The first-order valence-electron chi connectivity index (χ1n) is 13.8. The molecule has 5 rings (SSSR count). The number of rotatable bonds is 5. The molecular formula is C27H42O10. The molecular weight excluding hydrogens is 484 g/mol. The van der Waals surface area contributed by atoms with E-state index >= 15 is 0 Å². The maximum atomic E-state index is 13.8. The molecule has 210 valence electrons. The molecule has 1 saturated heterocycles. The van der Waals surface area contributed by atoms with E-state index in [1.807, 2.05) is 0 Å². The van der Waals surface area contributed by atoms with Crippen LogP contribution in [0.5, 0.6) is 0 Å². The van der Waals surface area contributed by atoms with Crippen LogP contribution >= 0.6 is 0 Å². The maximum Gasteiger partial charge on any atom is 0.335 e. The topological polar surface area (TPSA) is 174 Å². The number of hydrogen-bond donors (Lipinski definition) is 6. The molecule has 0 aromatic rings. The Morgan fingerprint density at radius 3 is 2.46 bits per heavy atom. The summed E-state index contributed by atoms with van der Waals surface area (Å²) >= 11 is 0. The lowest BCUT2D eigenvalue weighted by molar-refractivity contribution is -0.309. The van der Waals surface area contributed by atoms with Crippen molar-refractivity contribution in [2.24, 2.45) is 40.4 Å². The Bertz CT molecular complexity index is 896. The summed E-state index contributed by atoms with van der Waals surface area (Å²) < 4.78 is 11.3. The summed E-state index contributed by atoms with van der Waals surface area (Å²) in [6.07, 6.45) is -3.13. The highest BCUT2D eigenvalue weighted by atomic mass is 16.7. The van der Waals surface area contributed by atoms with Gasteiger partial charge in [-0.15, -0.1) is 0 Å². The molecule has 37 heavy (non-hydrogen) atoms. The lowest BCUT2D eigenvalue weighted by Crippen LogP contribution is -2.61. The summed E-state index contributed by atoms with van der Waals surface area (Å²) in [4.78, 5) is 25.2. The molecule has 0 spiro atoms. The van der Waals surface area contributed by atoms with Crippen molar-refractivity contribution >= 4 is 11.8 Å². The molecule has 0 amide bonds. The molecule has 10 nitrogen and oxygen atoms in total.